The van der Waals surface area contributed by atoms with Gasteiger partial charge < -0.3 is 9.47 Å². The maximum absolute atomic E-state index is 13.4. The van der Waals surface area contributed by atoms with Gasteiger partial charge >= 0.3 is 0 Å². The molecule has 0 bridgehead atoms. The molecule has 160 valence electrons. The van der Waals surface area contributed by atoms with E-state index in [0.29, 0.717) is 44.5 Å². The van der Waals surface area contributed by atoms with Crippen molar-refractivity contribution in [2.45, 2.75) is 0 Å². The van der Waals surface area contributed by atoms with Crippen LogP contribution in [0.2, 0.25) is 0 Å². The van der Waals surface area contributed by atoms with Crippen molar-refractivity contribution in [3.8, 4) is 11.5 Å². The number of halogens is 2. The number of methoxy groups -OCH3 is 2. The number of carbonyl (C=O) groups excluding carboxylic acids is 2. The molecule has 0 atom stereocenters. The molecule has 32 heavy (non-hydrogen) atoms. The number of hydrogen-bond donors (Lipinski definition) is 0. The summed E-state index contributed by atoms with van der Waals surface area (Å²) < 4.78 is 13.0. The molecule has 0 amide bonds. The van der Waals surface area contributed by atoms with Gasteiger partial charge in [-0.15, -0.1) is 0 Å². The fourth-order valence-corrected chi connectivity index (χ4v) is 4.19. The van der Waals surface area contributed by atoms with Crippen molar-refractivity contribution in [2.24, 2.45) is 0 Å². The average Bonchev–Trinajstić information content (AvgIpc) is 2.82. The quantitative estimate of drug-likeness (QED) is 0.245. The van der Waals surface area contributed by atoms with Crippen molar-refractivity contribution in [1.29, 1.82) is 0 Å². The highest BCUT2D eigenvalue weighted by Gasteiger charge is 2.23. The van der Waals surface area contributed by atoms with Crippen LogP contribution in [0.25, 0.3) is 10.8 Å². The van der Waals surface area contributed by atoms with E-state index in [1.807, 2.05) is 24.3 Å². The summed E-state index contributed by atoms with van der Waals surface area (Å²) in [7, 11) is 3.08. The van der Waals surface area contributed by atoms with E-state index >= 15 is 0 Å². The normalized spacial score (nSPS) is 10.8. The Morgan fingerprint density at radius 1 is 0.562 bits per heavy atom. The molecule has 0 fully saturated rings. The lowest BCUT2D eigenvalue weighted by Gasteiger charge is -2.16. The lowest BCUT2D eigenvalue weighted by Crippen LogP contribution is -2.08. The smallest absolute Gasteiger partial charge is 0.193 e. The van der Waals surface area contributed by atoms with Gasteiger partial charge in [0, 0.05) is 42.0 Å². The molecule has 0 aliphatic rings. The molecule has 6 heteroatoms. The van der Waals surface area contributed by atoms with Gasteiger partial charge in [0.2, 0.25) is 0 Å². The van der Waals surface area contributed by atoms with Gasteiger partial charge in [0.05, 0.1) is 14.2 Å². The average molecular weight is 554 g/mol. The number of ether oxygens (including phenoxy) is 2. The maximum Gasteiger partial charge on any atom is 0.193 e. The van der Waals surface area contributed by atoms with Crippen molar-refractivity contribution in [1.82, 2.24) is 0 Å². The number of hydrogen-bond acceptors (Lipinski definition) is 4. The van der Waals surface area contributed by atoms with Crippen molar-refractivity contribution in [2.75, 3.05) is 14.2 Å². The van der Waals surface area contributed by atoms with Crippen LogP contribution in [-0.4, -0.2) is 25.8 Å². The van der Waals surface area contributed by atoms with Crippen LogP contribution in [0.15, 0.2) is 81.7 Å². The zero-order valence-electron chi connectivity index (χ0n) is 17.3. The summed E-state index contributed by atoms with van der Waals surface area (Å²) in [5, 5.41) is 1.09. The molecule has 0 saturated carbocycles. The van der Waals surface area contributed by atoms with Gasteiger partial charge in [0.1, 0.15) is 11.5 Å². The number of benzene rings is 4. The maximum atomic E-state index is 13.4. The van der Waals surface area contributed by atoms with Gasteiger partial charge in [-0.05, 0) is 72.8 Å². The first-order chi connectivity index (χ1) is 15.4. The molecule has 0 unspecified atom stereocenters. The minimum absolute atomic E-state index is 0.170. The van der Waals surface area contributed by atoms with E-state index in [1.54, 1.807) is 62.8 Å². The second-order valence-corrected chi connectivity index (χ2v) is 8.88. The Morgan fingerprint density at radius 2 is 0.906 bits per heavy atom. The van der Waals surface area contributed by atoms with E-state index in [1.165, 1.54) is 0 Å². The van der Waals surface area contributed by atoms with Crippen molar-refractivity contribution in [3.63, 3.8) is 0 Å². The molecular weight excluding hydrogens is 536 g/mol. The van der Waals surface area contributed by atoms with Crippen LogP contribution in [0.4, 0.5) is 0 Å². The number of ketones is 2. The fourth-order valence-electron chi connectivity index (χ4n) is 3.66. The topological polar surface area (TPSA) is 52.6 Å². The largest absolute Gasteiger partial charge is 0.496 e. The molecule has 0 aromatic heterocycles. The minimum Gasteiger partial charge on any atom is -0.496 e. The Labute approximate surface area is 202 Å². The first-order valence-electron chi connectivity index (χ1n) is 9.73. The number of rotatable bonds is 6. The van der Waals surface area contributed by atoms with Gasteiger partial charge in [-0.25, -0.2) is 0 Å². The first kappa shape index (κ1) is 22.2. The van der Waals surface area contributed by atoms with E-state index < -0.39 is 0 Å². The highest BCUT2D eigenvalue weighted by molar-refractivity contribution is 9.10. The molecule has 4 aromatic rings. The predicted octanol–water partition coefficient (Wildman–Crippen LogP) is 6.84. The molecule has 4 rings (SSSR count). The highest BCUT2D eigenvalue weighted by Crippen LogP contribution is 2.39. The Morgan fingerprint density at radius 3 is 1.22 bits per heavy atom. The molecular formula is C26H18Br2O4. The van der Waals surface area contributed by atoms with E-state index in [4.69, 9.17) is 9.47 Å². The SMILES string of the molecule is COc1ccc(C(=O)c2ccc(Br)cc2)c2c(OC)ccc(C(=O)c3ccc(Br)cc3)c12. The Bertz CT molecular complexity index is 1220. The summed E-state index contributed by atoms with van der Waals surface area (Å²) >= 11 is 6.79. The van der Waals surface area contributed by atoms with Crippen LogP contribution in [0.3, 0.4) is 0 Å². The van der Waals surface area contributed by atoms with Crippen LogP contribution < -0.4 is 9.47 Å². The van der Waals surface area contributed by atoms with Gasteiger partial charge in [-0.1, -0.05) is 31.9 Å². The summed E-state index contributed by atoms with van der Waals surface area (Å²) in [6.07, 6.45) is 0. The molecule has 0 spiro atoms. The van der Waals surface area contributed by atoms with Crippen LogP contribution in [0, 0.1) is 0 Å². The molecule has 0 radical (unpaired) electrons. The Balaban J connectivity index is 1.99. The minimum atomic E-state index is -0.170. The van der Waals surface area contributed by atoms with Crippen LogP contribution in [0.5, 0.6) is 11.5 Å². The fraction of sp³-hybridized carbons (Fsp3) is 0.0769. The van der Waals surface area contributed by atoms with E-state index in [-0.39, 0.29) is 11.6 Å². The molecule has 4 aromatic carbocycles. The summed E-state index contributed by atoms with van der Waals surface area (Å²) in [6.45, 7) is 0. The van der Waals surface area contributed by atoms with Crippen molar-refractivity contribution < 1.29 is 19.1 Å². The summed E-state index contributed by atoms with van der Waals surface area (Å²) in [6, 6.07) is 21.1. The predicted molar refractivity (Wildman–Crippen MR) is 132 cm³/mol. The molecule has 0 aliphatic carbocycles. The first-order valence-corrected chi connectivity index (χ1v) is 11.3. The third-order valence-electron chi connectivity index (χ3n) is 5.23. The lowest BCUT2D eigenvalue weighted by atomic mass is 9.91. The summed E-state index contributed by atoms with van der Waals surface area (Å²) in [5.41, 5.74) is 1.94. The second-order valence-electron chi connectivity index (χ2n) is 7.05. The van der Waals surface area contributed by atoms with Crippen LogP contribution in [0.1, 0.15) is 31.8 Å². The molecule has 0 saturated heterocycles. The summed E-state index contributed by atoms with van der Waals surface area (Å²) in [4.78, 5) is 26.9. The Hall–Kier alpha value is -2.96. The van der Waals surface area contributed by atoms with Crippen LogP contribution in [-0.2, 0) is 0 Å². The number of carbonyl (C=O) groups is 2. The van der Waals surface area contributed by atoms with Gasteiger partial charge in [0.15, 0.2) is 11.6 Å². The van der Waals surface area contributed by atoms with E-state index in [0.717, 1.165) is 8.95 Å². The van der Waals surface area contributed by atoms with Gasteiger partial charge in [-0.2, -0.15) is 0 Å². The second kappa shape index (κ2) is 9.27. The standard InChI is InChI=1S/C26H18Br2O4/c1-31-21-13-11-20(26(30)16-5-9-18(28)10-6-16)24-22(32-2)14-12-19(23(21)24)25(29)15-3-7-17(27)8-4-15/h3-14H,1-2H3. The highest BCUT2D eigenvalue weighted by atomic mass is 79.9. The van der Waals surface area contributed by atoms with E-state index in [2.05, 4.69) is 31.9 Å². The van der Waals surface area contributed by atoms with Crippen molar-refractivity contribution in [3.05, 3.63) is 104 Å². The van der Waals surface area contributed by atoms with E-state index in [9.17, 15) is 9.59 Å². The monoisotopic (exact) mass is 552 g/mol. The van der Waals surface area contributed by atoms with Crippen molar-refractivity contribution >= 4 is 54.2 Å². The van der Waals surface area contributed by atoms with Gasteiger partial charge in [-0.3, -0.25) is 9.59 Å². The molecule has 4 nitrogen and oxygen atoms in total. The third kappa shape index (κ3) is 4.08. The third-order valence-corrected chi connectivity index (χ3v) is 6.28. The molecule has 0 N–H and O–H groups in total. The molecule has 0 aliphatic heterocycles. The van der Waals surface area contributed by atoms with Gasteiger partial charge in [0.25, 0.3) is 0 Å². The summed E-state index contributed by atoms with van der Waals surface area (Å²) in [5.74, 6) is 0.645. The number of fused-ring (bicyclic) bond motifs is 1. The zero-order valence-corrected chi connectivity index (χ0v) is 20.5. The Kier molecular flexibility index (Phi) is 6.44. The zero-order chi connectivity index (χ0) is 22.8. The molecule has 0 heterocycles. The van der Waals surface area contributed by atoms with Crippen LogP contribution >= 0.6 is 31.9 Å². The lowest BCUT2D eigenvalue weighted by molar-refractivity contribution is 0.103.